The van der Waals surface area contributed by atoms with Crippen molar-refractivity contribution < 1.29 is 4.39 Å². The Bertz CT molecular complexity index is 516. The van der Waals surface area contributed by atoms with Crippen LogP contribution < -0.4 is 5.32 Å². The Labute approximate surface area is 111 Å². The van der Waals surface area contributed by atoms with Gasteiger partial charge in [0, 0.05) is 25.0 Å². The maximum absolute atomic E-state index is 13.3. The van der Waals surface area contributed by atoms with Gasteiger partial charge < -0.3 is 5.32 Å². The molecule has 0 amide bonds. The van der Waals surface area contributed by atoms with Gasteiger partial charge in [-0.25, -0.2) is 4.39 Å². The van der Waals surface area contributed by atoms with Crippen LogP contribution in [0.5, 0.6) is 0 Å². The summed E-state index contributed by atoms with van der Waals surface area (Å²) >= 11 is 5.64. The number of rotatable bonds is 4. The zero-order chi connectivity index (χ0) is 13.0. The van der Waals surface area contributed by atoms with E-state index < -0.39 is 0 Å². The smallest absolute Gasteiger partial charge is 0.142 e. The van der Waals surface area contributed by atoms with Crippen LogP contribution in [0, 0.1) is 5.82 Å². The Morgan fingerprint density at radius 3 is 2.67 bits per heavy atom. The minimum atomic E-state index is -0.382. The first kappa shape index (κ1) is 13.0. The van der Waals surface area contributed by atoms with E-state index in [2.05, 4.69) is 17.2 Å². The normalized spacial score (nSPS) is 12.4. The molecule has 0 aliphatic heterocycles. The Morgan fingerprint density at radius 1 is 1.28 bits per heavy atom. The van der Waals surface area contributed by atoms with Gasteiger partial charge in [-0.1, -0.05) is 17.7 Å². The van der Waals surface area contributed by atoms with Gasteiger partial charge in [-0.2, -0.15) is 0 Å². The first-order valence-corrected chi connectivity index (χ1v) is 6.12. The van der Waals surface area contributed by atoms with Crippen molar-refractivity contribution in [2.24, 2.45) is 0 Å². The second kappa shape index (κ2) is 5.94. The molecule has 0 fully saturated rings. The van der Waals surface area contributed by atoms with Crippen molar-refractivity contribution in [1.82, 2.24) is 10.3 Å². The first-order valence-electron chi connectivity index (χ1n) is 5.74. The fourth-order valence-corrected chi connectivity index (χ4v) is 1.81. The van der Waals surface area contributed by atoms with E-state index in [1.54, 1.807) is 18.5 Å². The van der Waals surface area contributed by atoms with Gasteiger partial charge >= 0.3 is 0 Å². The molecule has 2 aromatic rings. The molecule has 1 aromatic heterocycles. The molecular weight excluding hydrogens is 251 g/mol. The highest BCUT2D eigenvalue weighted by Gasteiger charge is 2.05. The van der Waals surface area contributed by atoms with Gasteiger partial charge in [0.1, 0.15) is 5.82 Å². The standard InChI is InChI=1S/C14H14ClFN2/c1-10(12-4-6-17-7-5-12)18-9-11-2-3-13(15)14(16)8-11/h2-8,10,18H,9H2,1H3/t10-/m0/s1. The van der Waals surface area contributed by atoms with Crippen LogP contribution in [0.15, 0.2) is 42.7 Å². The Morgan fingerprint density at radius 2 is 2.00 bits per heavy atom. The summed E-state index contributed by atoms with van der Waals surface area (Å²) in [4.78, 5) is 3.98. The summed E-state index contributed by atoms with van der Waals surface area (Å²) < 4.78 is 13.3. The van der Waals surface area contributed by atoms with Crippen LogP contribution in [0.2, 0.25) is 5.02 Å². The highest BCUT2D eigenvalue weighted by atomic mass is 35.5. The molecule has 2 nitrogen and oxygen atoms in total. The molecule has 0 saturated carbocycles. The van der Waals surface area contributed by atoms with Crippen molar-refractivity contribution in [2.75, 3.05) is 0 Å². The average Bonchev–Trinajstić information content (AvgIpc) is 2.41. The molecule has 0 aliphatic rings. The van der Waals surface area contributed by atoms with Gasteiger partial charge in [0.15, 0.2) is 0 Å². The van der Waals surface area contributed by atoms with Gasteiger partial charge in [0.05, 0.1) is 5.02 Å². The largest absolute Gasteiger partial charge is 0.306 e. The van der Waals surface area contributed by atoms with Crippen LogP contribution in [0.25, 0.3) is 0 Å². The number of nitrogens with one attached hydrogen (secondary N) is 1. The van der Waals surface area contributed by atoms with Gasteiger partial charge in [-0.3, -0.25) is 4.98 Å². The second-order valence-corrected chi connectivity index (χ2v) is 4.54. The number of hydrogen-bond acceptors (Lipinski definition) is 2. The monoisotopic (exact) mass is 264 g/mol. The van der Waals surface area contributed by atoms with Crippen LogP contribution in [0.3, 0.4) is 0 Å². The molecule has 1 heterocycles. The minimum Gasteiger partial charge on any atom is -0.306 e. The first-order chi connectivity index (χ1) is 8.66. The zero-order valence-corrected chi connectivity index (χ0v) is 10.8. The third kappa shape index (κ3) is 3.28. The van der Waals surface area contributed by atoms with E-state index in [0.29, 0.717) is 6.54 Å². The number of pyridine rings is 1. The average molecular weight is 265 g/mol. The molecule has 4 heteroatoms. The zero-order valence-electron chi connectivity index (χ0n) is 10.0. The molecule has 0 unspecified atom stereocenters. The SMILES string of the molecule is C[C@H](NCc1ccc(Cl)c(F)c1)c1ccncc1. The second-order valence-electron chi connectivity index (χ2n) is 4.13. The summed E-state index contributed by atoms with van der Waals surface area (Å²) in [5, 5.41) is 3.48. The molecule has 18 heavy (non-hydrogen) atoms. The molecule has 0 saturated heterocycles. The van der Waals surface area contributed by atoms with Crippen molar-refractivity contribution in [3.05, 3.63) is 64.7 Å². The quantitative estimate of drug-likeness (QED) is 0.910. The number of benzene rings is 1. The summed E-state index contributed by atoms with van der Waals surface area (Å²) in [5.41, 5.74) is 2.03. The summed E-state index contributed by atoms with van der Waals surface area (Å²) in [6.45, 7) is 2.65. The molecule has 94 valence electrons. The third-order valence-electron chi connectivity index (χ3n) is 2.80. The van der Waals surface area contributed by atoms with Crippen molar-refractivity contribution >= 4 is 11.6 Å². The number of nitrogens with zero attached hydrogens (tertiary/aromatic N) is 1. The number of halogens is 2. The molecular formula is C14H14ClFN2. The van der Waals surface area contributed by atoms with Crippen LogP contribution in [0.4, 0.5) is 4.39 Å². The van der Waals surface area contributed by atoms with E-state index >= 15 is 0 Å². The molecule has 1 N–H and O–H groups in total. The van der Waals surface area contributed by atoms with E-state index in [9.17, 15) is 4.39 Å². The molecule has 0 radical (unpaired) electrons. The lowest BCUT2D eigenvalue weighted by atomic mass is 10.1. The Hall–Kier alpha value is -1.45. The molecule has 0 spiro atoms. The van der Waals surface area contributed by atoms with Crippen molar-refractivity contribution in [3.63, 3.8) is 0 Å². The van der Waals surface area contributed by atoms with Crippen LogP contribution in [-0.4, -0.2) is 4.98 Å². The van der Waals surface area contributed by atoms with Crippen molar-refractivity contribution in [2.45, 2.75) is 19.5 Å². The van der Waals surface area contributed by atoms with Crippen molar-refractivity contribution in [3.8, 4) is 0 Å². The molecule has 0 bridgehead atoms. The molecule has 2 rings (SSSR count). The summed E-state index contributed by atoms with van der Waals surface area (Å²) in [5.74, 6) is -0.382. The highest BCUT2D eigenvalue weighted by molar-refractivity contribution is 6.30. The fourth-order valence-electron chi connectivity index (χ4n) is 1.69. The molecule has 0 aliphatic carbocycles. The summed E-state index contributed by atoms with van der Waals surface area (Å²) in [6, 6.07) is 8.95. The lowest BCUT2D eigenvalue weighted by Crippen LogP contribution is -2.18. The number of hydrogen-bond donors (Lipinski definition) is 1. The Kier molecular flexibility index (Phi) is 4.28. The summed E-state index contributed by atoms with van der Waals surface area (Å²) in [7, 11) is 0. The maximum atomic E-state index is 13.3. The van der Waals surface area contributed by atoms with Crippen molar-refractivity contribution in [1.29, 1.82) is 0 Å². The highest BCUT2D eigenvalue weighted by Crippen LogP contribution is 2.16. The van der Waals surface area contributed by atoms with Gasteiger partial charge in [-0.05, 0) is 42.3 Å². The van der Waals surface area contributed by atoms with E-state index in [1.165, 1.54) is 6.07 Å². The van der Waals surface area contributed by atoms with Gasteiger partial charge in [0.2, 0.25) is 0 Å². The van der Waals surface area contributed by atoms with Crippen LogP contribution in [0.1, 0.15) is 24.1 Å². The van der Waals surface area contributed by atoms with Crippen LogP contribution >= 0.6 is 11.6 Å². The van der Waals surface area contributed by atoms with Gasteiger partial charge in [0.25, 0.3) is 0 Å². The molecule has 1 aromatic carbocycles. The van der Waals surface area contributed by atoms with Gasteiger partial charge in [-0.15, -0.1) is 0 Å². The summed E-state index contributed by atoms with van der Waals surface area (Å²) in [6.07, 6.45) is 3.52. The van der Waals surface area contributed by atoms with E-state index in [4.69, 9.17) is 11.6 Å². The number of aromatic nitrogens is 1. The van der Waals surface area contributed by atoms with E-state index in [1.807, 2.05) is 18.2 Å². The topological polar surface area (TPSA) is 24.9 Å². The predicted octanol–water partition coefficient (Wildman–Crippen LogP) is 3.72. The molecule has 1 atom stereocenters. The van der Waals surface area contributed by atoms with E-state index in [0.717, 1.165) is 11.1 Å². The van der Waals surface area contributed by atoms with E-state index in [-0.39, 0.29) is 16.9 Å². The fraction of sp³-hybridized carbons (Fsp3) is 0.214. The Balaban J connectivity index is 1.97. The third-order valence-corrected chi connectivity index (χ3v) is 3.11. The lowest BCUT2D eigenvalue weighted by molar-refractivity contribution is 0.569. The lowest BCUT2D eigenvalue weighted by Gasteiger charge is -2.14. The maximum Gasteiger partial charge on any atom is 0.142 e. The minimum absolute atomic E-state index is 0.154. The van der Waals surface area contributed by atoms with Crippen LogP contribution in [-0.2, 0) is 6.54 Å². The predicted molar refractivity (Wildman–Crippen MR) is 70.9 cm³/mol.